The number of nitrogens with zero attached hydrogens (tertiary/aromatic N) is 2. The first-order valence-corrected chi connectivity index (χ1v) is 5.73. The second-order valence-electron chi connectivity index (χ2n) is 3.17. The maximum Gasteiger partial charge on any atom is 0.154 e. The molecular weight excluding hydrogens is 310 g/mol. The van der Waals surface area contributed by atoms with Crippen LogP contribution in [0.4, 0.5) is 21.7 Å². The fourth-order valence-corrected chi connectivity index (χ4v) is 1.68. The minimum absolute atomic E-state index is 0.164. The van der Waals surface area contributed by atoms with E-state index >= 15 is 0 Å². The third-order valence-corrected chi connectivity index (χ3v) is 3.06. The molecule has 3 N–H and O–H groups in total. The standard InChI is InChI=1S/C10H7BrClFN4/c11-6-2-1-5(13)3-7(6)17-10-8(12)9(14)15-4-16-10/h1-4H,(H3,14,15,16,17). The molecule has 0 saturated heterocycles. The number of benzene rings is 1. The van der Waals surface area contributed by atoms with Crippen LogP contribution in [0.5, 0.6) is 0 Å². The van der Waals surface area contributed by atoms with Gasteiger partial charge in [0.1, 0.15) is 23.0 Å². The molecule has 88 valence electrons. The predicted octanol–water partition coefficient (Wildman–Crippen LogP) is 3.36. The largest absolute Gasteiger partial charge is 0.382 e. The fraction of sp³-hybridized carbons (Fsp3) is 0. The topological polar surface area (TPSA) is 63.8 Å². The second kappa shape index (κ2) is 4.85. The lowest BCUT2D eigenvalue weighted by atomic mass is 10.3. The zero-order valence-corrected chi connectivity index (χ0v) is 10.8. The number of halogens is 3. The van der Waals surface area contributed by atoms with Crippen LogP contribution in [0.3, 0.4) is 0 Å². The summed E-state index contributed by atoms with van der Waals surface area (Å²) in [6, 6.07) is 4.24. The zero-order valence-electron chi connectivity index (χ0n) is 8.42. The highest BCUT2D eigenvalue weighted by Crippen LogP contribution is 2.30. The minimum atomic E-state index is -0.367. The van der Waals surface area contributed by atoms with E-state index in [0.29, 0.717) is 16.0 Å². The van der Waals surface area contributed by atoms with E-state index < -0.39 is 0 Å². The first-order valence-electron chi connectivity index (χ1n) is 4.56. The number of hydrogen-bond acceptors (Lipinski definition) is 4. The molecule has 0 atom stereocenters. The molecule has 0 amide bonds. The number of hydrogen-bond donors (Lipinski definition) is 2. The molecule has 0 unspecified atom stereocenters. The molecule has 7 heteroatoms. The molecule has 1 aromatic carbocycles. The van der Waals surface area contributed by atoms with Gasteiger partial charge in [-0.1, -0.05) is 11.6 Å². The van der Waals surface area contributed by atoms with Crippen molar-refractivity contribution in [3.05, 3.63) is 39.8 Å². The Morgan fingerprint density at radius 1 is 1.35 bits per heavy atom. The van der Waals surface area contributed by atoms with E-state index in [1.807, 2.05) is 0 Å². The van der Waals surface area contributed by atoms with Gasteiger partial charge in [0.25, 0.3) is 0 Å². The molecule has 17 heavy (non-hydrogen) atoms. The average molecular weight is 318 g/mol. The van der Waals surface area contributed by atoms with Gasteiger partial charge >= 0.3 is 0 Å². The molecule has 0 aliphatic carbocycles. The van der Waals surface area contributed by atoms with Crippen molar-refractivity contribution in [1.82, 2.24) is 9.97 Å². The normalized spacial score (nSPS) is 10.3. The number of nitrogens with two attached hydrogens (primary N) is 1. The van der Waals surface area contributed by atoms with E-state index in [-0.39, 0.29) is 16.7 Å². The Hall–Kier alpha value is -1.40. The Bertz CT molecular complexity index is 564. The van der Waals surface area contributed by atoms with Gasteiger partial charge in [-0.2, -0.15) is 0 Å². The average Bonchev–Trinajstić information content (AvgIpc) is 2.30. The summed E-state index contributed by atoms with van der Waals surface area (Å²) >= 11 is 9.20. The van der Waals surface area contributed by atoms with Crippen molar-refractivity contribution in [2.24, 2.45) is 0 Å². The fourth-order valence-electron chi connectivity index (χ4n) is 1.19. The van der Waals surface area contributed by atoms with Crippen LogP contribution in [0.1, 0.15) is 0 Å². The molecule has 0 bridgehead atoms. The summed E-state index contributed by atoms with van der Waals surface area (Å²) < 4.78 is 13.8. The smallest absolute Gasteiger partial charge is 0.154 e. The van der Waals surface area contributed by atoms with Crippen LogP contribution in [0.2, 0.25) is 5.02 Å². The summed E-state index contributed by atoms with van der Waals surface area (Å²) in [7, 11) is 0. The van der Waals surface area contributed by atoms with Gasteiger partial charge in [-0.25, -0.2) is 14.4 Å². The molecule has 0 aliphatic rings. The van der Waals surface area contributed by atoms with Gasteiger partial charge in [0.05, 0.1) is 5.69 Å². The Morgan fingerprint density at radius 3 is 2.88 bits per heavy atom. The Labute approximate surface area is 110 Å². The Morgan fingerprint density at radius 2 is 2.12 bits per heavy atom. The summed E-state index contributed by atoms with van der Waals surface area (Å²) in [5.74, 6) is 0.121. The molecule has 0 radical (unpaired) electrons. The molecule has 0 spiro atoms. The molecule has 2 rings (SSSR count). The third-order valence-electron chi connectivity index (χ3n) is 2.00. The van der Waals surface area contributed by atoms with E-state index in [1.165, 1.54) is 18.5 Å². The van der Waals surface area contributed by atoms with Crippen molar-refractivity contribution in [3.63, 3.8) is 0 Å². The predicted molar refractivity (Wildman–Crippen MR) is 68.8 cm³/mol. The molecular formula is C10H7BrClFN4. The highest BCUT2D eigenvalue weighted by atomic mass is 79.9. The first kappa shape index (κ1) is 12.1. The van der Waals surface area contributed by atoms with E-state index in [2.05, 4.69) is 31.2 Å². The van der Waals surface area contributed by atoms with Gasteiger partial charge in [0, 0.05) is 4.47 Å². The van der Waals surface area contributed by atoms with Crippen molar-refractivity contribution in [1.29, 1.82) is 0 Å². The van der Waals surface area contributed by atoms with Crippen LogP contribution < -0.4 is 11.1 Å². The molecule has 1 heterocycles. The molecule has 0 saturated carbocycles. The van der Waals surface area contributed by atoms with E-state index in [0.717, 1.165) is 0 Å². The van der Waals surface area contributed by atoms with Gasteiger partial charge in [-0.3, -0.25) is 0 Å². The van der Waals surface area contributed by atoms with Crippen molar-refractivity contribution in [2.75, 3.05) is 11.1 Å². The maximum atomic E-state index is 13.1. The molecule has 0 aliphatic heterocycles. The second-order valence-corrected chi connectivity index (χ2v) is 4.40. The van der Waals surface area contributed by atoms with E-state index in [4.69, 9.17) is 17.3 Å². The number of aromatic nitrogens is 2. The van der Waals surface area contributed by atoms with Gasteiger partial charge in [-0.05, 0) is 34.1 Å². The maximum absolute atomic E-state index is 13.1. The van der Waals surface area contributed by atoms with Crippen LogP contribution in [0.25, 0.3) is 0 Å². The SMILES string of the molecule is Nc1ncnc(Nc2cc(F)ccc2Br)c1Cl. The van der Waals surface area contributed by atoms with Crippen LogP contribution in [-0.4, -0.2) is 9.97 Å². The summed E-state index contributed by atoms with van der Waals surface area (Å²) in [6.07, 6.45) is 1.27. The molecule has 2 aromatic rings. The number of anilines is 3. The number of nitrogen functional groups attached to an aromatic ring is 1. The monoisotopic (exact) mass is 316 g/mol. The van der Waals surface area contributed by atoms with Crippen LogP contribution >= 0.6 is 27.5 Å². The lowest BCUT2D eigenvalue weighted by Gasteiger charge is -2.09. The first-order chi connectivity index (χ1) is 8.08. The van der Waals surface area contributed by atoms with E-state index in [1.54, 1.807) is 6.07 Å². The minimum Gasteiger partial charge on any atom is -0.382 e. The number of nitrogens with one attached hydrogen (secondary N) is 1. The van der Waals surface area contributed by atoms with Crippen molar-refractivity contribution in [3.8, 4) is 0 Å². The Kier molecular flexibility index (Phi) is 3.44. The van der Waals surface area contributed by atoms with Crippen LogP contribution in [0.15, 0.2) is 29.0 Å². The summed E-state index contributed by atoms with van der Waals surface area (Å²) in [4.78, 5) is 7.66. The van der Waals surface area contributed by atoms with Gasteiger partial charge in [0.15, 0.2) is 5.82 Å². The zero-order chi connectivity index (χ0) is 12.4. The lowest BCUT2D eigenvalue weighted by Crippen LogP contribution is -2.00. The molecule has 4 nitrogen and oxygen atoms in total. The van der Waals surface area contributed by atoms with Gasteiger partial charge < -0.3 is 11.1 Å². The third kappa shape index (κ3) is 2.65. The number of rotatable bonds is 2. The van der Waals surface area contributed by atoms with Crippen molar-refractivity contribution < 1.29 is 4.39 Å². The van der Waals surface area contributed by atoms with Gasteiger partial charge in [0.2, 0.25) is 0 Å². The van der Waals surface area contributed by atoms with Crippen molar-refractivity contribution in [2.45, 2.75) is 0 Å². The van der Waals surface area contributed by atoms with Crippen LogP contribution in [-0.2, 0) is 0 Å². The van der Waals surface area contributed by atoms with Crippen LogP contribution in [0, 0.1) is 5.82 Å². The summed E-state index contributed by atoms with van der Waals surface area (Å²) in [5, 5.41) is 3.07. The Balaban J connectivity index is 2.38. The summed E-state index contributed by atoms with van der Waals surface area (Å²) in [5.41, 5.74) is 6.04. The lowest BCUT2D eigenvalue weighted by molar-refractivity contribution is 0.628. The van der Waals surface area contributed by atoms with Crippen molar-refractivity contribution >= 4 is 44.9 Å². The van der Waals surface area contributed by atoms with Gasteiger partial charge in [-0.15, -0.1) is 0 Å². The highest BCUT2D eigenvalue weighted by molar-refractivity contribution is 9.10. The summed E-state index contributed by atoms with van der Waals surface area (Å²) in [6.45, 7) is 0. The quantitative estimate of drug-likeness (QED) is 0.891. The molecule has 0 fully saturated rings. The van der Waals surface area contributed by atoms with E-state index in [9.17, 15) is 4.39 Å². The molecule has 1 aromatic heterocycles. The highest BCUT2D eigenvalue weighted by Gasteiger charge is 2.09.